The molecule has 0 aromatic heterocycles. The molecule has 0 spiro atoms. The molecule has 168 valence electrons. The van der Waals surface area contributed by atoms with Gasteiger partial charge in [-0.15, -0.1) is 0 Å². The smallest absolute Gasteiger partial charge is 0.278 e. The van der Waals surface area contributed by atoms with Gasteiger partial charge in [0.25, 0.3) is 11.8 Å². The van der Waals surface area contributed by atoms with Crippen LogP contribution in [0.2, 0.25) is 0 Å². The minimum absolute atomic E-state index is 0.142. The number of methoxy groups -OCH3 is 1. The van der Waals surface area contributed by atoms with Crippen molar-refractivity contribution in [3.63, 3.8) is 0 Å². The van der Waals surface area contributed by atoms with Crippen molar-refractivity contribution in [3.05, 3.63) is 100.0 Å². The Bertz CT molecular complexity index is 1300. The number of halogens is 1. The second kappa shape index (κ2) is 8.90. The highest BCUT2D eigenvalue weighted by Crippen LogP contribution is 2.35. The van der Waals surface area contributed by atoms with Crippen LogP contribution in [0.25, 0.3) is 5.57 Å². The van der Waals surface area contributed by atoms with Gasteiger partial charge in [-0.3, -0.25) is 14.5 Å². The van der Waals surface area contributed by atoms with E-state index in [-0.39, 0.29) is 23.4 Å². The summed E-state index contributed by atoms with van der Waals surface area (Å²) in [5.41, 5.74) is 4.91. The third-order valence-electron chi connectivity index (χ3n) is 5.86. The summed E-state index contributed by atoms with van der Waals surface area (Å²) in [4.78, 5) is 28.1. The van der Waals surface area contributed by atoms with Crippen LogP contribution in [0, 0.1) is 26.6 Å². The molecule has 33 heavy (non-hydrogen) atoms. The molecule has 1 aliphatic rings. The van der Waals surface area contributed by atoms with Gasteiger partial charge in [0.15, 0.2) is 0 Å². The first-order valence-electron chi connectivity index (χ1n) is 10.6. The summed E-state index contributed by atoms with van der Waals surface area (Å²) < 4.78 is 19.7. The van der Waals surface area contributed by atoms with Crippen LogP contribution in [0.5, 0.6) is 5.75 Å². The number of carbonyl (C=O) groups is 2. The van der Waals surface area contributed by atoms with Crippen molar-refractivity contribution in [2.24, 2.45) is 0 Å². The van der Waals surface area contributed by atoms with E-state index in [0.29, 0.717) is 17.0 Å². The molecule has 1 heterocycles. The van der Waals surface area contributed by atoms with Crippen molar-refractivity contribution >= 4 is 23.1 Å². The Labute approximate surface area is 192 Å². The summed E-state index contributed by atoms with van der Waals surface area (Å²) in [7, 11) is 1.54. The lowest BCUT2D eigenvalue weighted by molar-refractivity contribution is -0.137. The summed E-state index contributed by atoms with van der Waals surface area (Å²) in [6.07, 6.45) is 0. The van der Waals surface area contributed by atoms with E-state index >= 15 is 0 Å². The van der Waals surface area contributed by atoms with Crippen molar-refractivity contribution in [3.8, 4) is 5.75 Å². The number of rotatable bonds is 6. The molecule has 0 atom stereocenters. The van der Waals surface area contributed by atoms with Crippen LogP contribution >= 0.6 is 0 Å². The van der Waals surface area contributed by atoms with Gasteiger partial charge in [-0.2, -0.15) is 0 Å². The number of imide groups is 1. The topological polar surface area (TPSA) is 58.6 Å². The monoisotopic (exact) mass is 444 g/mol. The molecule has 1 N–H and O–H groups in total. The molecule has 3 aromatic rings. The van der Waals surface area contributed by atoms with Gasteiger partial charge in [0, 0.05) is 5.56 Å². The lowest BCUT2D eigenvalue weighted by atomic mass is 9.99. The van der Waals surface area contributed by atoms with Gasteiger partial charge in [-0.25, -0.2) is 4.39 Å². The lowest BCUT2D eigenvalue weighted by Crippen LogP contribution is -2.32. The van der Waals surface area contributed by atoms with Crippen LogP contribution in [-0.2, 0) is 16.1 Å². The average Bonchev–Trinajstić information content (AvgIpc) is 3.01. The number of amides is 2. The quantitative estimate of drug-likeness (QED) is 0.534. The third kappa shape index (κ3) is 4.24. The van der Waals surface area contributed by atoms with Crippen LogP contribution < -0.4 is 10.1 Å². The molecule has 0 saturated carbocycles. The second-order valence-corrected chi connectivity index (χ2v) is 8.17. The Morgan fingerprint density at radius 2 is 1.67 bits per heavy atom. The standard InChI is InChI=1S/C27H25FN2O3/c1-16-9-12-23(33-4)22(13-16)29-25-24(19-11-10-17(2)18(3)14-19)26(31)30(27(25)32)15-20-7-5-6-8-21(20)28/h5-14,29H,15H2,1-4H3. The first-order chi connectivity index (χ1) is 15.8. The van der Waals surface area contributed by atoms with Crippen LogP contribution in [0.3, 0.4) is 0 Å². The highest BCUT2D eigenvalue weighted by Gasteiger charge is 2.40. The molecule has 0 bridgehead atoms. The molecule has 6 heteroatoms. The number of nitrogens with zero attached hydrogens (tertiary/aromatic N) is 1. The van der Waals surface area contributed by atoms with Gasteiger partial charge in [0.2, 0.25) is 0 Å². The van der Waals surface area contributed by atoms with Gasteiger partial charge in [0.05, 0.1) is 24.9 Å². The zero-order valence-corrected chi connectivity index (χ0v) is 19.0. The molecule has 0 fully saturated rings. The predicted molar refractivity (Wildman–Crippen MR) is 126 cm³/mol. The first-order valence-corrected chi connectivity index (χ1v) is 10.6. The molecule has 2 amide bonds. The third-order valence-corrected chi connectivity index (χ3v) is 5.86. The molecular formula is C27H25FN2O3. The molecule has 4 rings (SSSR count). The van der Waals surface area contributed by atoms with Crippen LogP contribution in [-0.4, -0.2) is 23.8 Å². The fourth-order valence-corrected chi connectivity index (χ4v) is 3.85. The van der Waals surface area contributed by atoms with Crippen LogP contribution in [0.15, 0.2) is 66.4 Å². The SMILES string of the molecule is COc1ccc(C)cc1NC1=C(c2ccc(C)c(C)c2)C(=O)N(Cc2ccccc2F)C1=O. The Hall–Kier alpha value is -3.93. The molecule has 5 nitrogen and oxygen atoms in total. The number of aryl methyl sites for hydroxylation is 3. The minimum atomic E-state index is -0.514. The maximum absolute atomic E-state index is 14.3. The lowest BCUT2D eigenvalue weighted by Gasteiger charge is -2.16. The van der Waals surface area contributed by atoms with Gasteiger partial charge in [0.1, 0.15) is 17.3 Å². The van der Waals surface area contributed by atoms with Gasteiger partial charge in [-0.1, -0.05) is 42.5 Å². The number of hydrogen-bond donors (Lipinski definition) is 1. The summed E-state index contributed by atoms with van der Waals surface area (Å²) in [6.45, 7) is 5.70. The van der Waals surface area contributed by atoms with Crippen LogP contribution in [0.4, 0.5) is 10.1 Å². The molecule has 1 aliphatic heterocycles. The van der Waals surface area contributed by atoms with E-state index in [9.17, 15) is 14.0 Å². The van der Waals surface area contributed by atoms with E-state index in [1.165, 1.54) is 6.07 Å². The maximum Gasteiger partial charge on any atom is 0.278 e. The Morgan fingerprint density at radius 3 is 2.36 bits per heavy atom. The molecule has 0 aliphatic carbocycles. The fourth-order valence-electron chi connectivity index (χ4n) is 3.85. The molecule has 3 aromatic carbocycles. The zero-order valence-electron chi connectivity index (χ0n) is 19.0. The Balaban J connectivity index is 1.82. The number of carbonyl (C=O) groups excluding carboxylic acids is 2. The number of nitrogens with one attached hydrogen (secondary N) is 1. The van der Waals surface area contributed by atoms with E-state index in [4.69, 9.17) is 4.74 Å². The summed E-state index contributed by atoms with van der Waals surface area (Å²) in [5, 5.41) is 3.14. The highest BCUT2D eigenvalue weighted by molar-refractivity contribution is 6.36. The molecular weight excluding hydrogens is 419 g/mol. The Kier molecular flexibility index (Phi) is 6.01. The summed E-state index contributed by atoms with van der Waals surface area (Å²) >= 11 is 0. The van der Waals surface area contributed by atoms with E-state index < -0.39 is 17.6 Å². The number of ether oxygens (including phenoxy) is 1. The van der Waals surface area contributed by atoms with E-state index in [2.05, 4.69) is 5.32 Å². The van der Waals surface area contributed by atoms with Gasteiger partial charge >= 0.3 is 0 Å². The summed E-state index contributed by atoms with van der Waals surface area (Å²) in [6, 6.07) is 17.3. The number of benzene rings is 3. The normalized spacial score (nSPS) is 13.7. The van der Waals surface area contributed by atoms with E-state index in [1.54, 1.807) is 31.4 Å². The zero-order chi connectivity index (χ0) is 23.7. The summed E-state index contributed by atoms with van der Waals surface area (Å²) in [5.74, 6) is -0.909. The minimum Gasteiger partial charge on any atom is -0.495 e. The van der Waals surface area contributed by atoms with Crippen molar-refractivity contribution in [1.29, 1.82) is 0 Å². The fraction of sp³-hybridized carbons (Fsp3) is 0.185. The van der Waals surface area contributed by atoms with Crippen molar-refractivity contribution in [1.82, 2.24) is 4.90 Å². The average molecular weight is 445 g/mol. The van der Waals surface area contributed by atoms with Gasteiger partial charge < -0.3 is 10.1 Å². The predicted octanol–water partition coefficient (Wildman–Crippen LogP) is 5.15. The number of hydrogen-bond acceptors (Lipinski definition) is 4. The Morgan fingerprint density at radius 1 is 0.909 bits per heavy atom. The first kappa shape index (κ1) is 22.3. The second-order valence-electron chi connectivity index (χ2n) is 8.17. The van der Waals surface area contributed by atoms with Crippen molar-refractivity contribution < 1.29 is 18.7 Å². The molecule has 0 radical (unpaired) electrons. The highest BCUT2D eigenvalue weighted by atomic mass is 19.1. The van der Waals surface area contributed by atoms with E-state index in [0.717, 1.165) is 21.6 Å². The van der Waals surface area contributed by atoms with Gasteiger partial charge in [-0.05, 0) is 61.2 Å². The van der Waals surface area contributed by atoms with Crippen LogP contribution in [0.1, 0.15) is 27.8 Å². The largest absolute Gasteiger partial charge is 0.495 e. The molecule has 0 unspecified atom stereocenters. The number of anilines is 1. The van der Waals surface area contributed by atoms with Crippen molar-refractivity contribution in [2.45, 2.75) is 27.3 Å². The van der Waals surface area contributed by atoms with E-state index in [1.807, 2.05) is 51.1 Å². The van der Waals surface area contributed by atoms with Crippen molar-refractivity contribution in [2.75, 3.05) is 12.4 Å². The molecule has 0 saturated heterocycles. The maximum atomic E-state index is 14.3.